The molecule has 1 heterocycles. The molecule has 1 N–H and O–H groups in total. The number of hydrogen-bond acceptors (Lipinski definition) is 5. The number of anilines is 2. The summed E-state index contributed by atoms with van der Waals surface area (Å²) in [4.78, 5) is 20.2. The number of para-hydroxylation sites is 3. The van der Waals surface area contributed by atoms with Crippen LogP contribution in [0.25, 0.3) is 22.1 Å². The molecule has 6 heteroatoms. The third kappa shape index (κ3) is 2.40. The second kappa shape index (κ2) is 5.58. The number of hydrogen-bond donors (Lipinski definition) is 1. The minimum Gasteiger partial charge on any atom is -0.348 e. The molecule has 4 rings (SSSR count). The zero-order valence-corrected chi connectivity index (χ0v) is 12.5. The lowest BCUT2D eigenvalue weighted by Crippen LogP contribution is -2.00. The van der Waals surface area contributed by atoms with Crippen LogP contribution in [0.4, 0.5) is 17.1 Å². The number of nitro groups is 1. The van der Waals surface area contributed by atoms with Crippen LogP contribution in [0.1, 0.15) is 0 Å². The van der Waals surface area contributed by atoms with Gasteiger partial charge in [0.25, 0.3) is 5.69 Å². The minimum absolute atomic E-state index is 0.0315. The predicted molar refractivity (Wildman–Crippen MR) is 93.4 cm³/mol. The van der Waals surface area contributed by atoms with Crippen LogP contribution >= 0.6 is 0 Å². The summed E-state index contributed by atoms with van der Waals surface area (Å²) in [6.07, 6.45) is 0. The van der Waals surface area contributed by atoms with Gasteiger partial charge in [0.2, 0.25) is 0 Å². The Morgan fingerprint density at radius 2 is 1.46 bits per heavy atom. The van der Waals surface area contributed by atoms with Gasteiger partial charge >= 0.3 is 0 Å². The average Bonchev–Trinajstić information content (AvgIpc) is 2.61. The maximum absolute atomic E-state index is 11.4. The maximum atomic E-state index is 11.4. The van der Waals surface area contributed by atoms with Crippen molar-refractivity contribution in [2.75, 3.05) is 5.32 Å². The molecule has 0 atom stereocenters. The van der Waals surface area contributed by atoms with Gasteiger partial charge in [-0.2, -0.15) is 0 Å². The van der Waals surface area contributed by atoms with Crippen LogP contribution in [0.15, 0.2) is 66.7 Å². The summed E-state index contributed by atoms with van der Waals surface area (Å²) < 4.78 is 0. The van der Waals surface area contributed by atoms with Crippen molar-refractivity contribution >= 4 is 39.1 Å². The highest BCUT2D eigenvalue weighted by Crippen LogP contribution is 2.34. The van der Waals surface area contributed by atoms with Crippen LogP contribution in [0.5, 0.6) is 0 Å². The number of benzene rings is 3. The molecule has 24 heavy (non-hydrogen) atoms. The molecule has 116 valence electrons. The molecule has 0 aliphatic carbocycles. The van der Waals surface area contributed by atoms with Crippen LogP contribution < -0.4 is 5.32 Å². The fourth-order valence-electron chi connectivity index (χ4n) is 2.62. The Kier molecular flexibility index (Phi) is 3.28. The number of rotatable bonds is 3. The van der Waals surface area contributed by atoms with Crippen LogP contribution in [-0.4, -0.2) is 14.9 Å². The van der Waals surface area contributed by atoms with Crippen LogP contribution in [-0.2, 0) is 0 Å². The fourth-order valence-corrected chi connectivity index (χ4v) is 2.62. The highest BCUT2D eigenvalue weighted by molar-refractivity contribution is 5.98. The van der Waals surface area contributed by atoms with Crippen LogP contribution in [0.3, 0.4) is 0 Å². The molecule has 1 aromatic heterocycles. The molecule has 4 aromatic rings. The number of nitrogens with zero attached hydrogens (tertiary/aromatic N) is 3. The first-order valence-electron chi connectivity index (χ1n) is 7.38. The third-order valence-corrected chi connectivity index (χ3v) is 3.73. The summed E-state index contributed by atoms with van der Waals surface area (Å²) in [6, 6.07) is 19.8. The maximum Gasteiger partial charge on any atom is 0.295 e. The molecule has 0 aliphatic heterocycles. The van der Waals surface area contributed by atoms with Crippen molar-refractivity contribution < 1.29 is 4.92 Å². The average molecular weight is 316 g/mol. The Hall–Kier alpha value is -3.54. The Balaban J connectivity index is 2.00. The first-order valence-corrected chi connectivity index (χ1v) is 7.38. The van der Waals surface area contributed by atoms with Gasteiger partial charge in [0.05, 0.1) is 21.5 Å². The highest BCUT2D eigenvalue weighted by Gasteiger charge is 2.19. The molecule has 0 saturated carbocycles. The molecule has 0 amide bonds. The summed E-state index contributed by atoms with van der Waals surface area (Å²) >= 11 is 0. The van der Waals surface area contributed by atoms with Gasteiger partial charge in [-0.3, -0.25) is 10.1 Å². The third-order valence-electron chi connectivity index (χ3n) is 3.73. The monoisotopic (exact) mass is 316 g/mol. The molecule has 0 spiro atoms. The van der Waals surface area contributed by atoms with Gasteiger partial charge in [-0.05, 0) is 30.3 Å². The Labute approximate surface area is 136 Å². The number of aromatic nitrogens is 2. The standard InChI is InChI=1S/C18H12N4O2/c23-22(24)16-11-10-15-17(18(16)19-12-6-2-1-3-7-12)21-14-9-5-4-8-13(14)20-15/h1-11,19H. The van der Waals surface area contributed by atoms with Gasteiger partial charge in [0.1, 0.15) is 11.2 Å². The second-order valence-corrected chi connectivity index (χ2v) is 5.29. The lowest BCUT2D eigenvalue weighted by Gasteiger charge is -2.10. The van der Waals surface area contributed by atoms with E-state index in [-0.39, 0.29) is 5.69 Å². The summed E-state index contributed by atoms with van der Waals surface area (Å²) in [5.74, 6) is 0. The van der Waals surface area contributed by atoms with E-state index in [1.54, 1.807) is 6.07 Å². The van der Waals surface area contributed by atoms with Crippen molar-refractivity contribution in [1.82, 2.24) is 9.97 Å². The second-order valence-electron chi connectivity index (χ2n) is 5.29. The van der Waals surface area contributed by atoms with E-state index in [2.05, 4.69) is 15.3 Å². The molecule has 0 aliphatic rings. The van der Waals surface area contributed by atoms with E-state index in [9.17, 15) is 10.1 Å². The molecule has 0 bridgehead atoms. The summed E-state index contributed by atoms with van der Waals surface area (Å²) in [5.41, 5.74) is 3.61. The summed E-state index contributed by atoms with van der Waals surface area (Å²) in [5, 5.41) is 14.6. The van der Waals surface area contributed by atoms with E-state index in [4.69, 9.17) is 0 Å². The predicted octanol–water partition coefficient (Wildman–Crippen LogP) is 4.43. The smallest absolute Gasteiger partial charge is 0.295 e. The van der Waals surface area contributed by atoms with Crippen molar-refractivity contribution in [3.63, 3.8) is 0 Å². The lowest BCUT2D eigenvalue weighted by molar-refractivity contribution is -0.383. The van der Waals surface area contributed by atoms with Crippen molar-refractivity contribution in [2.24, 2.45) is 0 Å². The molecule has 0 saturated heterocycles. The van der Waals surface area contributed by atoms with E-state index in [1.165, 1.54) is 6.07 Å². The number of fused-ring (bicyclic) bond motifs is 2. The van der Waals surface area contributed by atoms with Crippen LogP contribution in [0, 0.1) is 10.1 Å². The number of nitrogens with one attached hydrogen (secondary N) is 1. The molecular formula is C18H12N4O2. The first-order chi connectivity index (χ1) is 11.7. The molecule has 0 fully saturated rings. The molecule has 0 unspecified atom stereocenters. The van der Waals surface area contributed by atoms with Crippen molar-refractivity contribution in [3.05, 3.63) is 76.8 Å². The minimum atomic E-state index is -0.415. The van der Waals surface area contributed by atoms with Gasteiger partial charge in [0, 0.05) is 11.8 Å². The Bertz CT molecular complexity index is 1060. The molecule has 3 aromatic carbocycles. The lowest BCUT2D eigenvalue weighted by atomic mass is 10.2. The van der Waals surface area contributed by atoms with E-state index in [0.29, 0.717) is 22.2 Å². The van der Waals surface area contributed by atoms with Gasteiger partial charge < -0.3 is 5.32 Å². The zero-order valence-electron chi connectivity index (χ0n) is 12.5. The van der Waals surface area contributed by atoms with Gasteiger partial charge in [-0.1, -0.05) is 30.3 Å². The van der Waals surface area contributed by atoms with Gasteiger partial charge in [-0.25, -0.2) is 9.97 Å². The molecular weight excluding hydrogens is 304 g/mol. The Morgan fingerprint density at radius 3 is 2.17 bits per heavy atom. The highest BCUT2D eigenvalue weighted by atomic mass is 16.6. The normalized spacial score (nSPS) is 10.8. The van der Waals surface area contributed by atoms with E-state index in [1.807, 2.05) is 54.6 Å². The molecule has 6 nitrogen and oxygen atoms in total. The Morgan fingerprint density at radius 1 is 0.792 bits per heavy atom. The summed E-state index contributed by atoms with van der Waals surface area (Å²) in [6.45, 7) is 0. The van der Waals surface area contributed by atoms with Gasteiger partial charge in [-0.15, -0.1) is 0 Å². The number of nitro benzene ring substituents is 1. The van der Waals surface area contributed by atoms with Crippen molar-refractivity contribution in [3.8, 4) is 0 Å². The molecule has 0 radical (unpaired) electrons. The van der Waals surface area contributed by atoms with Crippen molar-refractivity contribution in [1.29, 1.82) is 0 Å². The first kappa shape index (κ1) is 14.1. The quantitative estimate of drug-likeness (QED) is 0.343. The van der Waals surface area contributed by atoms with Crippen LogP contribution in [0.2, 0.25) is 0 Å². The summed E-state index contributed by atoms with van der Waals surface area (Å²) in [7, 11) is 0. The topological polar surface area (TPSA) is 81.0 Å². The van der Waals surface area contributed by atoms with Crippen molar-refractivity contribution in [2.45, 2.75) is 0 Å². The zero-order chi connectivity index (χ0) is 16.5. The van der Waals surface area contributed by atoms with E-state index >= 15 is 0 Å². The van der Waals surface area contributed by atoms with Gasteiger partial charge in [0.15, 0.2) is 0 Å². The SMILES string of the molecule is O=[N+]([O-])c1ccc2nc3ccccc3nc2c1Nc1ccccc1. The fraction of sp³-hybridized carbons (Fsp3) is 0. The van der Waals surface area contributed by atoms with E-state index in [0.717, 1.165) is 11.2 Å². The van der Waals surface area contributed by atoms with E-state index < -0.39 is 4.92 Å². The largest absolute Gasteiger partial charge is 0.348 e.